The maximum atomic E-state index is 11.5. The van der Waals surface area contributed by atoms with E-state index in [2.05, 4.69) is 0 Å². The number of ether oxygens (including phenoxy) is 3. The number of phenols is 1. The highest BCUT2D eigenvalue weighted by molar-refractivity contribution is 5.99. The standard InChI is InChI=1S/C15H20O9/c1-6(17)11-8(18)3-7(4-9(11)22-2)23-14-10(5-16)24-15(21)13(20)12(14)19/h3-4,10,12-16,18-21H,5H2,1-2H3/t10-,12-,13-,14-,15-/m1/s1. The number of carbonyl (C=O) groups excluding carboxylic acids is 1. The van der Waals surface area contributed by atoms with Crippen LogP contribution in [0.3, 0.4) is 0 Å². The number of rotatable bonds is 5. The zero-order valence-corrected chi connectivity index (χ0v) is 13.1. The highest BCUT2D eigenvalue weighted by Crippen LogP contribution is 2.35. The van der Waals surface area contributed by atoms with E-state index < -0.39 is 43.1 Å². The van der Waals surface area contributed by atoms with Gasteiger partial charge in [-0.1, -0.05) is 0 Å². The summed E-state index contributed by atoms with van der Waals surface area (Å²) in [4.78, 5) is 11.5. The molecule has 1 aromatic rings. The van der Waals surface area contributed by atoms with Crippen LogP contribution in [0.5, 0.6) is 17.2 Å². The maximum Gasteiger partial charge on any atom is 0.184 e. The molecule has 0 aromatic heterocycles. The first kappa shape index (κ1) is 18.4. The molecule has 0 unspecified atom stereocenters. The largest absolute Gasteiger partial charge is 0.507 e. The quantitative estimate of drug-likeness (QED) is 0.415. The molecule has 0 spiro atoms. The summed E-state index contributed by atoms with van der Waals surface area (Å²) in [5.74, 6) is -0.721. The molecule has 0 bridgehead atoms. The van der Waals surface area contributed by atoms with E-state index >= 15 is 0 Å². The van der Waals surface area contributed by atoms with Crippen LogP contribution < -0.4 is 9.47 Å². The molecule has 24 heavy (non-hydrogen) atoms. The first-order chi connectivity index (χ1) is 11.3. The van der Waals surface area contributed by atoms with Gasteiger partial charge in [0.1, 0.15) is 41.1 Å². The highest BCUT2D eigenvalue weighted by Gasteiger charge is 2.45. The molecule has 9 nitrogen and oxygen atoms in total. The molecule has 5 atom stereocenters. The molecule has 1 heterocycles. The van der Waals surface area contributed by atoms with Crippen molar-refractivity contribution in [2.75, 3.05) is 13.7 Å². The fourth-order valence-electron chi connectivity index (χ4n) is 2.53. The van der Waals surface area contributed by atoms with Gasteiger partial charge in [0.2, 0.25) is 0 Å². The van der Waals surface area contributed by atoms with E-state index in [1.807, 2.05) is 0 Å². The minimum atomic E-state index is -1.67. The van der Waals surface area contributed by atoms with Gasteiger partial charge in [-0.3, -0.25) is 4.79 Å². The van der Waals surface area contributed by atoms with Gasteiger partial charge in [0, 0.05) is 12.1 Å². The van der Waals surface area contributed by atoms with Gasteiger partial charge in [0.25, 0.3) is 0 Å². The smallest absolute Gasteiger partial charge is 0.184 e. The molecule has 0 saturated carbocycles. The lowest BCUT2D eigenvalue weighted by Gasteiger charge is -2.40. The average Bonchev–Trinajstić information content (AvgIpc) is 2.54. The Labute approximate surface area is 137 Å². The summed E-state index contributed by atoms with van der Waals surface area (Å²) in [6.45, 7) is 0.677. The Morgan fingerprint density at radius 3 is 2.46 bits per heavy atom. The van der Waals surface area contributed by atoms with Crippen LogP contribution in [0.15, 0.2) is 12.1 Å². The van der Waals surface area contributed by atoms with Crippen LogP contribution in [-0.4, -0.2) is 75.7 Å². The number of aliphatic hydroxyl groups is 4. The Balaban J connectivity index is 2.32. The van der Waals surface area contributed by atoms with Gasteiger partial charge in [-0.25, -0.2) is 0 Å². The molecule has 134 valence electrons. The van der Waals surface area contributed by atoms with Gasteiger partial charge in [-0.15, -0.1) is 0 Å². The second-order valence-corrected chi connectivity index (χ2v) is 5.39. The van der Waals surface area contributed by atoms with Crippen molar-refractivity contribution in [2.45, 2.75) is 37.6 Å². The van der Waals surface area contributed by atoms with Gasteiger partial charge in [0.15, 0.2) is 18.2 Å². The Hall–Kier alpha value is -1.91. The second kappa shape index (κ2) is 7.32. The van der Waals surface area contributed by atoms with E-state index in [0.717, 1.165) is 6.07 Å². The zero-order chi connectivity index (χ0) is 18.0. The number of hydrogen-bond donors (Lipinski definition) is 5. The minimum Gasteiger partial charge on any atom is -0.507 e. The number of Topliss-reactive ketones (excluding diaryl/α,β-unsaturated/α-hetero) is 1. The number of phenolic OH excluding ortho intramolecular Hbond substituents is 1. The van der Waals surface area contributed by atoms with E-state index in [4.69, 9.17) is 14.2 Å². The lowest BCUT2D eigenvalue weighted by atomic mass is 9.99. The summed E-state index contributed by atoms with van der Waals surface area (Å²) < 4.78 is 15.5. The SMILES string of the molecule is COc1cc(O[C@H]2[C@H](O)[C@@H](O)[C@H](O)O[C@@H]2CO)cc(O)c1C(C)=O. The Kier molecular flexibility index (Phi) is 5.62. The van der Waals surface area contributed by atoms with E-state index in [1.54, 1.807) is 0 Å². The van der Waals surface area contributed by atoms with Gasteiger partial charge < -0.3 is 39.7 Å². The first-order valence-corrected chi connectivity index (χ1v) is 7.19. The number of aliphatic hydroxyl groups excluding tert-OH is 4. The molecule has 1 aliphatic heterocycles. The molecule has 2 rings (SSSR count). The third-order valence-corrected chi connectivity index (χ3v) is 3.74. The minimum absolute atomic E-state index is 0.0176. The van der Waals surface area contributed by atoms with Crippen LogP contribution in [-0.2, 0) is 4.74 Å². The van der Waals surface area contributed by atoms with Crippen molar-refractivity contribution in [3.05, 3.63) is 17.7 Å². The molecule has 0 aliphatic carbocycles. The topological polar surface area (TPSA) is 146 Å². The average molecular weight is 344 g/mol. The van der Waals surface area contributed by atoms with E-state index in [1.165, 1.54) is 20.1 Å². The predicted octanol–water partition coefficient (Wildman–Crippen LogP) is -1.22. The molecule has 1 aliphatic rings. The van der Waals surface area contributed by atoms with Crippen LogP contribution in [0.1, 0.15) is 17.3 Å². The van der Waals surface area contributed by atoms with Gasteiger partial charge >= 0.3 is 0 Å². The number of carbonyl (C=O) groups is 1. The Morgan fingerprint density at radius 1 is 1.25 bits per heavy atom. The summed E-state index contributed by atoms with van der Waals surface area (Å²) in [6, 6.07) is 2.45. The van der Waals surface area contributed by atoms with Gasteiger partial charge in [-0.2, -0.15) is 0 Å². The van der Waals surface area contributed by atoms with Crippen molar-refractivity contribution in [1.29, 1.82) is 0 Å². The van der Waals surface area contributed by atoms with Crippen molar-refractivity contribution in [3.63, 3.8) is 0 Å². The molecule has 0 amide bonds. The molecule has 0 radical (unpaired) electrons. The summed E-state index contributed by atoms with van der Waals surface area (Å²) in [5.41, 5.74) is -0.0283. The number of benzene rings is 1. The van der Waals surface area contributed by atoms with Crippen LogP contribution in [0.2, 0.25) is 0 Å². The molecule has 9 heteroatoms. The Bertz CT molecular complexity index is 601. The van der Waals surface area contributed by atoms with E-state index in [-0.39, 0.29) is 22.8 Å². The normalized spacial score (nSPS) is 30.0. The van der Waals surface area contributed by atoms with Crippen molar-refractivity contribution in [2.24, 2.45) is 0 Å². The van der Waals surface area contributed by atoms with Crippen molar-refractivity contribution < 1.29 is 44.5 Å². The lowest BCUT2D eigenvalue weighted by molar-refractivity contribution is -0.282. The van der Waals surface area contributed by atoms with E-state index in [9.17, 15) is 30.3 Å². The highest BCUT2D eigenvalue weighted by atomic mass is 16.7. The fourth-order valence-corrected chi connectivity index (χ4v) is 2.53. The summed E-state index contributed by atoms with van der Waals surface area (Å²) >= 11 is 0. The number of aromatic hydroxyl groups is 1. The van der Waals surface area contributed by atoms with Crippen molar-refractivity contribution in [3.8, 4) is 17.2 Å². The summed E-state index contributed by atoms with van der Waals surface area (Å²) in [6.07, 6.45) is -7.18. The molecule has 1 aromatic carbocycles. The first-order valence-electron chi connectivity index (χ1n) is 7.19. The van der Waals surface area contributed by atoms with Crippen molar-refractivity contribution >= 4 is 5.78 Å². The van der Waals surface area contributed by atoms with E-state index in [0.29, 0.717) is 0 Å². The molecule has 5 N–H and O–H groups in total. The van der Waals surface area contributed by atoms with Crippen LogP contribution in [0.25, 0.3) is 0 Å². The third kappa shape index (κ3) is 3.45. The monoisotopic (exact) mass is 344 g/mol. The third-order valence-electron chi connectivity index (χ3n) is 3.74. The summed E-state index contributed by atoms with van der Waals surface area (Å²) in [5, 5.41) is 48.4. The number of hydrogen-bond acceptors (Lipinski definition) is 9. The summed E-state index contributed by atoms with van der Waals surface area (Å²) in [7, 11) is 1.31. The Morgan fingerprint density at radius 2 is 1.92 bits per heavy atom. The fraction of sp³-hybridized carbons (Fsp3) is 0.533. The number of methoxy groups -OCH3 is 1. The predicted molar refractivity (Wildman–Crippen MR) is 79.1 cm³/mol. The molecule has 1 fully saturated rings. The van der Waals surface area contributed by atoms with Crippen molar-refractivity contribution in [1.82, 2.24) is 0 Å². The van der Waals surface area contributed by atoms with Gasteiger partial charge in [0.05, 0.1) is 13.7 Å². The molecular weight excluding hydrogens is 324 g/mol. The van der Waals surface area contributed by atoms with Crippen LogP contribution >= 0.6 is 0 Å². The second-order valence-electron chi connectivity index (χ2n) is 5.39. The molecular formula is C15H20O9. The lowest BCUT2D eigenvalue weighted by Crippen LogP contribution is -2.60. The maximum absolute atomic E-state index is 11.5. The van der Waals surface area contributed by atoms with Gasteiger partial charge in [-0.05, 0) is 6.92 Å². The van der Waals surface area contributed by atoms with Crippen LogP contribution in [0, 0.1) is 0 Å². The zero-order valence-electron chi connectivity index (χ0n) is 13.1. The molecule has 1 saturated heterocycles. The van der Waals surface area contributed by atoms with Crippen LogP contribution in [0.4, 0.5) is 0 Å². The number of ketones is 1.